The molecule has 0 fully saturated rings. The van der Waals surface area contributed by atoms with E-state index in [1.807, 2.05) is 30.3 Å². The average Bonchev–Trinajstić information content (AvgIpc) is 3.42. The lowest BCUT2D eigenvalue weighted by atomic mass is 10.1. The minimum Gasteiger partial charge on any atom is -0.453 e. The maximum atomic E-state index is 12.4. The van der Waals surface area contributed by atoms with Gasteiger partial charge in [-0.1, -0.05) is 41.6 Å². The number of hydrogen-bond donors (Lipinski definition) is 0. The molecule has 4 aromatic rings. The Kier molecular flexibility index (Phi) is 5.64. The predicted octanol–water partition coefficient (Wildman–Crippen LogP) is 5.53. The molecule has 0 saturated carbocycles. The van der Waals surface area contributed by atoms with E-state index >= 15 is 0 Å². The average molecular weight is 442 g/mol. The summed E-state index contributed by atoms with van der Waals surface area (Å²) in [6, 6.07) is 16.5. The normalized spacial score (nSPS) is 10.8. The van der Waals surface area contributed by atoms with Gasteiger partial charge in [-0.2, -0.15) is 0 Å². The summed E-state index contributed by atoms with van der Waals surface area (Å²) in [6.45, 7) is 0. The molecule has 8 nitrogen and oxygen atoms in total. The summed E-state index contributed by atoms with van der Waals surface area (Å²) >= 11 is 7.21. The number of Topliss-reactive ketones (excluding diaryl/α,β-unsaturated/α-hetero) is 1. The molecular formula is C20H12ClN3O5S. The van der Waals surface area contributed by atoms with Gasteiger partial charge in [0.1, 0.15) is 5.76 Å². The molecular weight excluding hydrogens is 430 g/mol. The van der Waals surface area contributed by atoms with Crippen LogP contribution in [-0.4, -0.2) is 26.7 Å². The molecule has 30 heavy (non-hydrogen) atoms. The zero-order valence-corrected chi connectivity index (χ0v) is 16.7. The third-order valence-electron chi connectivity index (χ3n) is 4.06. The van der Waals surface area contributed by atoms with E-state index in [1.54, 1.807) is 6.07 Å². The number of halogens is 1. The van der Waals surface area contributed by atoms with Crippen LogP contribution in [0.5, 0.6) is 0 Å². The van der Waals surface area contributed by atoms with Crippen LogP contribution in [0, 0.1) is 10.1 Å². The van der Waals surface area contributed by atoms with Gasteiger partial charge in [-0.15, -0.1) is 10.2 Å². The first-order chi connectivity index (χ1) is 14.5. The summed E-state index contributed by atoms with van der Waals surface area (Å²) in [6.07, 6.45) is 0. The first-order valence-electron chi connectivity index (χ1n) is 8.60. The molecule has 10 heteroatoms. The van der Waals surface area contributed by atoms with Crippen molar-refractivity contribution in [3.63, 3.8) is 0 Å². The minimum atomic E-state index is -0.537. The van der Waals surface area contributed by atoms with Crippen molar-refractivity contribution in [3.8, 4) is 22.8 Å². The second-order valence-electron chi connectivity index (χ2n) is 6.04. The number of carbonyl (C=O) groups is 1. The monoisotopic (exact) mass is 441 g/mol. The maximum Gasteiger partial charge on any atom is 0.277 e. The van der Waals surface area contributed by atoms with Gasteiger partial charge in [0.2, 0.25) is 11.7 Å². The first-order valence-corrected chi connectivity index (χ1v) is 9.96. The highest BCUT2D eigenvalue weighted by Gasteiger charge is 2.18. The summed E-state index contributed by atoms with van der Waals surface area (Å²) in [7, 11) is 0. The van der Waals surface area contributed by atoms with Crippen LogP contribution in [0.3, 0.4) is 0 Å². The number of nitro benzene ring substituents is 1. The number of carbonyl (C=O) groups excluding carboxylic acids is 1. The van der Waals surface area contributed by atoms with Gasteiger partial charge in [-0.3, -0.25) is 14.9 Å². The topological polar surface area (TPSA) is 112 Å². The number of hydrogen-bond acceptors (Lipinski definition) is 8. The third-order valence-corrected chi connectivity index (χ3v) is 5.19. The molecule has 2 aromatic heterocycles. The molecule has 0 aliphatic rings. The molecule has 0 aliphatic heterocycles. The van der Waals surface area contributed by atoms with Crippen molar-refractivity contribution in [3.05, 3.63) is 81.6 Å². The molecule has 0 radical (unpaired) electrons. The highest BCUT2D eigenvalue weighted by Crippen LogP contribution is 2.32. The minimum absolute atomic E-state index is 0.0391. The Hall–Kier alpha value is -3.43. The maximum absolute atomic E-state index is 12.4. The molecule has 4 rings (SSSR count). The Morgan fingerprint density at radius 3 is 2.60 bits per heavy atom. The van der Waals surface area contributed by atoms with E-state index in [2.05, 4.69) is 10.2 Å². The number of aromatic nitrogens is 2. The Labute approximate surface area is 179 Å². The summed E-state index contributed by atoms with van der Waals surface area (Å²) in [4.78, 5) is 22.7. The number of ketones is 1. The highest BCUT2D eigenvalue weighted by molar-refractivity contribution is 7.99. The predicted molar refractivity (Wildman–Crippen MR) is 111 cm³/mol. The number of nitro groups is 1. The molecule has 0 aliphatic carbocycles. The second-order valence-corrected chi connectivity index (χ2v) is 7.37. The smallest absolute Gasteiger partial charge is 0.277 e. The van der Waals surface area contributed by atoms with Crippen LogP contribution < -0.4 is 0 Å². The number of rotatable bonds is 7. The molecule has 0 N–H and O–H groups in total. The molecule has 0 atom stereocenters. The lowest BCUT2D eigenvalue weighted by Crippen LogP contribution is -2.00. The number of nitrogens with zero attached hydrogens (tertiary/aromatic N) is 3. The number of benzene rings is 2. The fourth-order valence-corrected chi connectivity index (χ4v) is 3.51. The fraction of sp³-hybridized carbons (Fsp3) is 0.0500. The van der Waals surface area contributed by atoms with Crippen molar-refractivity contribution in [2.24, 2.45) is 0 Å². The van der Waals surface area contributed by atoms with Gasteiger partial charge < -0.3 is 8.83 Å². The Morgan fingerprint density at radius 2 is 1.87 bits per heavy atom. The van der Waals surface area contributed by atoms with Gasteiger partial charge >= 0.3 is 0 Å². The van der Waals surface area contributed by atoms with Crippen LogP contribution in [0.25, 0.3) is 22.8 Å². The van der Waals surface area contributed by atoms with E-state index in [1.165, 1.54) is 24.3 Å². The Bertz CT molecular complexity index is 1220. The summed E-state index contributed by atoms with van der Waals surface area (Å²) in [5, 5.41) is 19.2. The van der Waals surface area contributed by atoms with Crippen LogP contribution in [0.2, 0.25) is 5.02 Å². The highest BCUT2D eigenvalue weighted by atomic mass is 35.5. The summed E-state index contributed by atoms with van der Waals surface area (Å²) in [5.41, 5.74) is 1.12. The second kappa shape index (κ2) is 8.52. The summed E-state index contributed by atoms with van der Waals surface area (Å²) in [5.74, 6) is 0.613. The zero-order chi connectivity index (χ0) is 21.1. The molecule has 2 aromatic carbocycles. The third kappa shape index (κ3) is 4.27. The van der Waals surface area contributed by atoms with Crippen LogP contribution >= 0.6 is 23.4 Å². The van der Waals surface area contributed by atoms with Crippen molar-refractivity contribution in [1.29, 1.82) is 0 Å². The fourth-order valence-electron chi connectivity index (χ4n) is 2.61. The zero-order valence-electron chi connectivity index (χ0n) is 15.1. The lowest BCUT2D eigenvalue weighted by Gasteiger charge is -2.01. The van der Waals surface area contributed by atoms with E-state index in [0.29, 0.717) is 17.2 Å². The largest absolute Gasteiger partial charge is 0.453 e. The Morgan fingerprint density at radius 1 is 1.07 bits per heavy atom. The first kappa shape index (κ1) is 19.9. The molecule has 150 valence electrons. The van der Waals surface area contributed by atoms with Crippen LogP contribution in [0.4, 0.5) is 5.69 Å². The van der Waals surface area contributed by atoms with Gasteiger partial charge in [-0.25, -0.2) is 0 Å². The SMILES string of the molecule is O=C(CSc1nnc(-c2ccccc2)o1)c1ccc(-c2ccc([N+](=O)[O-])cc2Cl)o1. The lowest BCUT2D eigenvalue weighted by molar-refractivity contribution is -0.384. The van der Waals surface area contributed by atoms with Gasteiger partial charge in [-0.05, 0) is 30.3 Å². The van der Waals surface area contributed by atoms with Crippen LogP contribution in [0.15, 0.2) is 74.7 Å². The standard InChI is InChI=1S/C20H12ClN3O5S/c21-15-10-13(24(26)27)6-7-14(15)17-8-9-18(28-17)16(25)11-30-20-23-22-19(29-20)12-4-2-1-3-5-12/h1-10H,11H2. The van der Waals surface area contributed by atoms with Crippen LogP contribution in [-0.2, 0) is 0 Å². The van der Waals surface area contributed by atoms with E-state index in [9.17, 15) is 14.9 Å². The van der Waals surface area contributed by atoms with Crippen molar-refractivity contribution in [1.82, 2.24) is 10.2 Å². The molecule has 0 bridgehead atoms. The van der Waals surface area contributed by atoms with Crippen LogP contribution in [0.1, 0.15) is 10.6 Å². The van der Waals surface area contributed by atoms with E-state index in [0.717, 1.165) is 17.3 Å². The van der Waals surface area contributed by atoms with Gasteiger partial charge in [0.05, 0.1) is 15.7 Å². The van der Waals surface area contributed by atoms with Gasteiger partial charge in [0.15, 0.2) is 5.76 Å². The van der Waals surface area contributed by atoms with E-state index < -0.39 is 4.92 Å². The number of furan rings is 1. The molecule has 0 saturated heterocycles. The molecule has 0 unspecified atom stereocenters. The summed E-state index contributed by atoms with van der Waals surface area (Å²) < 4.78 is 11.2. The van der Waals surface area contributed by atoms with Crippen molar-refractivity contribution in [2.45, 2.75) is 5.22 Å². The van der Waals surface area contributed by atoms with Crippen molar-refractivity contribution < 1.29 is 18.6 Å². The molecule has 0 amide bonds. The van der Waals surface area contributed by atoms with E-state index in [4.69, 9.17) is 20.4 Å². The Balaban J connectivity index is 1.43. The molecule has 2 heterocycles. The number of non-ortho nitro benzene ring substituents is 1. The van der Waals surface area contributed by atoms with Gasteiger partial charge in [0, 0.05) is 23.3 Å². The van der Waals surface area contributed by atoms with Crippen molar-refractivity contribution >= 4 is 34.8 Å². The van der Waals surface area contributed by atoms with E-state index in [-0.39, 0.29) is 33.2 Å². The van der Waals surface area contributed by atoms with Gasteiger partial charge in [0.25, 0.3) is 10.9 Å². The quantitative estimate of drug-likeness (QED) is 0.159. The number of thioether (sulfide) groups is 1. The van der Waals surface area contributed by atoms with Crippen molar-refractivity contribution in [2.75, 3.05) is 5.75 Å². The molecule has 0 spiro atoms.